The normalized spacial score (nSPS) is 11.4. The van der Waals surface area contributed by atoms with E-state index in [9.17, 15) is 0 Å². The van der Waals surface area contributed by atoms with Crippen molar-refractivity contribution in [1.29, 1.82) is 0 Å². The SMILES string of the molecule is c1ccc(-c2ccc3c(c2)c(-c2ccccc2)cn3-c2ccc(-c3cc4ccccc4c4ccccc34)cc2)cc1. The Hall–Kier alpha value is -5.40. The van der Waals surface area contributed by atoms with E-state index in [0.717, 1.165) is 5.69 Å². The Bertz CT molecular complexity index is 2170. The van der Waals surface area contributed by atoms with Gasteiger partial charge in [-0.3, -0.25) is 0 Å². The van der Waals surface area contributed by atoms with Crippen molar-refractivity contribution in [1.82, 2.24) is 4.57 Å². The van der Waals surface area contributed by atoms with E-state index in [0.29, 0.717) is 0 Å². The van der Waals surface area contributed by atoms with Crippen molar-refractivity contribution < 1.29 is 0 Å². The molecule has 7 aromatic carbocycles. The third kappa shape index (κ3) is 4.02. The van der Waals surface area contributed by atoms with Crippen molar-refractivity contribution in [3.63, 3.8) is 0 Å². The maximum atomic E-state index is 2.33. The molecule has 41 heavy (non-hydrogen) atoms. The summed E-state index contributed by atoms with van der Waals surface area (Å²) in [7, 11) is 0. The average Bonchev–Trinajstić information content (AvgIpc) is 3.44. The van der Waals surface area contributed by atoms with Gasteiger partial charge in [-0.1, -0.05) is 127 Å². The molecular formula is C40H27N. The summed E-state index contributed by atoms with van der Waals surface area (Å²) in [5.74, 6) is 0. The van der Waals surface area contributed by atoms with E-state index in [-0.39, 0.29) is 0 Å². The lowest BCUT2D eigenvalue weighted by atomic mass is 9.93. The molecule has 1 heterocycles. The smallest absolute Gasteiger partial charge is 0.0535 e. The Morgan fingerprint density at radius 2 is 0.927 bits per heavy atom. The molecule has 1 aromatic heterocycles. The Kier molecular flexibility index (Phi) is 5.53. The van der Waals surface area contributed by atoms with Crippen molar-refractivity contribution in [3.8, 4) is 39.1 Å². The fraction of sp³-hybridized carbons (Fsp3) is 0. The molecule has 0 aliphatic rings. The monoisotopic (exact) mass is 521 g/mol. The maximum absolute atomic E-state index is 2.33. The highest BCUT2D eigenvalue weighted by atomic mass is 15.0. The minimum Gasteiger partial charge on any atom is -0.316 e. The van der Waals surface area contributed by atoms with Crippen LogP contribution in [0.1, 0.15) is 0 Å². The van der Waals surface area contributed by atoms with Crippen LogP contribution in [0.15, 0.2) is 164 Å². The van der Waals surface area contributed by atoms with E-state index >= 15 is 0 Å². The van der Waals surface area contributed by atoms with Gasteiger partial charge in [0.2, 0.25) is 0 Å². The van der Waals surface area contributed by atoms with Crippen molar-refractivity contribution in [2.24, 2.45) is 0 Å². The molecule has 0 saturated carbocycles. The molecule has 0 unspecified atom stereocenters. The topological polar surface area (TPSA) is 4.93 Å². The first-order chi connectivity index (χ1) is 20.3. The Morgan fingerprint density at radius 1 is 0.341 bits per heavy atom. The van der Waals surface area contributed by atoms with E-state index in [4.69, 9.17) is 0 Å². The number of aromatic nitrogens is 1. The molecule has 0 amide bonds. The van der Waals surface area contributed by atoms with Gasteiger partial charge in [0.25, 0.3) is 0 Å². The predicted octanol–water partition coefficient (Wildman–Crippen LogP) is 10.9. The maximum Gasteiger partial charge on any atom is 0.0535 e. The van der Waals surface area contributed by atoms with Crippen LogP contribution in [0.4, 0.5) is 0 Å². The van der Waals surface area contributed by atoms with E-state index < -0.39 is 0 Å². The van der Waals surface area contributed by atoms with Crippen LogP contribution in [0.3, 0.4) is 0 Å². The third-order valence-corrected chi connectivity index (χ3v) is 8.22. The van der Waals surface area contributed by atoms with E-state index in [2.05, 4.69) is 168 Å². The number of hydrogen-bond donors (Lipinski definition) is 0. The molecule has 0 saturated heterocycles. The predicted molar refractivity (Wildman–Crippen MR) is 175 cm³/mol. The highest BCUT2D eigenvalue weighted by Crippen LogP contribution is 2.38. The molecule has 0 bridgehead atoms. The molecule has 0 spiro atoms. The van der Waals surface area contributed by atoms with Crippen molar-refractivity contribution in [2.45, 2.75) is 0 Å². The van der Waals surface area contributed by atoms with Crippen LogP contribution in [-0.4, -0.2) is 4.57 Å². The van der Waals surface area contributed by atoms with Gasteiger partial charge in [0.05, 0.1) is 5.52 Å². The summed E-state index contributed by atoms with van der Waals surface area (Å²) in [6.07, 6.45) is 2.29. The van der Waals surface area contributed by atoms with Gasteiger partial charge in [0.15, 0.2) is 0 Å². The fourth-order valence-corrected chi connectivity index (χ4v) is 6.20. The van der Waals surface area contributed by atoms with Gasteiger partial charge in [0.1, 0.15) is 0 Å². The summed E-state index contributed by atoms with van der Waals surface area (Å²) in [6, 6.07) is 56.9. The van der Waals surface area contributed by atoms with Crippen molar-refractivity contribution in [3.05, 3.63) is 164 Å². The molecule has 1 heteroatoms. The quantitative estimate of drug-likeness (QED) is 0.203. The third-order valence-electron chi connectivity index (χ3n) is 8.22. The summed E-state index contributed by atoms with van der Waals surface area (Å²) in [6.45, 7) is 0. The zero-order chi connectivity index (χ0) is 27.2. The molecule has 0 fully saturated rings. The molecule has 8 rings (SSSR count). The Morgan fingerprint density at radius 3 is 1.68 bits per heavy atom. The highest BCUT2D eigenvalue weighted by Gasteiger charge is 2.14. The van der Waals surface area contributed by atoms with Crippen LogP contribution in [0.2, 0.25) is 0 Å². The van der Waals surface area contributed by atoms with Crippen LogP contribution < -0.4 is 0 Å². The largest absolute Gasteiger partial charge is 0.316 e. The van der Waals surface area contributed by atoms with Gasteiger partial charge in [-0.25, -0.2) is 0 Å². The summed E-state index contributed by atoms with van der Waals surface area (Å²) < 4.78 is 2.33. The summed E-state index contributed by atoms with van der Waals surface area (Å²) in [5.41, 5.74) is 9.76. The molecule has 8 aromatic rings. The molecule has 0 aliphatic carbocycles. The zero-order valence-corrected chi connectivity index (χ0v) is 22.5. The molecule has 0 atom stereocenters. The van der Waals surface area contributed by atoms with Crippen LogP contribution in [0.25, 0.3) is 71.5 Å². The Balaban J connectivity index is 1.28. The average molecular weight is 522 g/mol. The van der Waals surface area contributed by atoms with Crippen LogP contribution in [0.5, 0.6) is 0 Å². The second-order valence-electron chi connectivity index (χ2n) is 10.6. The molecule has 1 nitrogen and oxygen atoms in total. The van der Waals surface area contributed by atoms with E-state index in [1.54, 1.807) is 0 Å². The number of rotatable bonds is 4. The fourth-order valence-electron chi connectivity index (χ4n) is 6.20. The highest BCUT2D eigenvalue weighted by molar-refractivity contribution is 6.13. The molecule has 0 radical (unpaired) electrons. The van der Waals surface area contributed by atoms with Gasteiger partial charge in [-0.15, -0.1) is 0 Å². The lowest BCUT2D eigenvalue weighted by Crippen LogP contribution is -1.92. The molecule has 0 N–H and O–H groups in total. The second-order valence-corrected chi connectivity index (χ2v) is 10.6. The Labute approximate surface area is 239 Å². The van der Waals surface area contributed by atoms with E-state index in [1.165, 1.54) is 65.8 Å². The van der Waals surface area contributed by atoms with Gasteiger partial charge >= 0.3 is 0 Å². The first-order valence-corrected chi connectivity index (χ1v) is 14.1. The molecule has 0 aliphatic heterocycles. The van der Waals surface area contributed by atoms with Crippen LogP contribution >= 0.6 is 0 Å². The molecular weight excluding hydrogens is 494 g/mol. The first-order valence-electron chi connectivity index (χ1n) is 14.1. The molecule has 192 valence electrons. The lowest BCUT2D eigenvalue weighted by molar-refractivity contribution is 1.13. The number of benzene rings is 7. The van der Waals surface area contributed by atoms with Crippen LogP contribution in [-0.2, 0) is 0 Å². The first kappa shape index (κ1) is 23.5. The summed E-state index contributed by atoms with van der Waals surface area (Å²) in [5, 5.41) is 6.39. The summed E-state index contributed by atoms with van der Waals surface area (Å²) in [4.78, 5) is 0. The second kappa shape index (κ2) is 9.66. The number of nitrogens with zero attached hydrogens (tertiary/aromatic N) is 1. The zero-order valence-electron chi connectivity index (χ0n) is 22.5. The minimum absolute atomic E-state index is 1.15. The van der Waals surface area contributed by atoms with Gasteiger partial charge in [-0.05, 0) is 79.7 Å². The van der Waals surface area contributed by atoms with Gasteiger partial charge < -0.3 is 4.57 Å². The standard InChI is InChI=1S/C40H27N/c1-3-11-28(12-4-1)31-21-24-40-38(25-31)39(29-13-5-2-6-14-29)27-41(40)33-22-19-30(20-23-33)37-26-32-15-7-8-16-34(32)35-17-9-10-18-36(35)37/h1-27H. The summed E-state index contributed by atoms with van der Waals surface area (Å²) >= 11 is 0. The number of hydrogen-bond acceptors (Lipinski definition) is 0. The van der Waals surface area contributed by atoms with Crippen molar-refractivity contribution >= 4 is 32.4 Å². The van der Waals surface area contributed by atoms with Crippen molar-refractivity contribution in [2.75, 3.05) is 0 Å². The minimum atomic E-state index is 1.15. The van der Waals surface area contributed by atoms with E-state index in [1.807, 2.05) is 0 Å². The van der Waals surface area contributed by atoms with Crippen LogP contribution in [0, 0.1) is 0 Å². The van der Waals surface area contributed by atoms with Gasteiger partial charge in [-0.2, -0.15) is 0 Å². The lowest BCUT2D eigenvalue weighted by Gasteiger charge is -2.12. The van der Waals surface area contributed by atoms with Gasteiger partial charge in [0, 0.05) is 22.8 Å². The number of fused-ring (bicyclic) bond motifs is 4.